The Hall–Kier alpha value is -1.50. The zero-order valence-electron chi connectivity index (χ0n) is 12.0. The number of aliphatic imine (C=N–C) groups is 2. The molecule has 0 aromatic heterocycles. The lowest BCUT2D eigenvalue weighted by Crippen LogP contribution is -2.54. The van der Waals surface area contributed by atoms with E-state index in [2.05, 4.69) is 9.98 Å². The summed E-state index contributed by atoms with van der Waals surface area (Å²) in [7, 11) is 0. The third-order valence-electron chi connectivity index (χ3n) is 2.99. The van der Waals surface area contributed by atoms with Gasteiger partial charge in [-0.3, -0.25) is 4.84 Å². The summed E-state index contributed by atoms with van der Waals surface area (Å²) in [5.41, 5.74) is 11.4. The van der Waals surface area contributed by atoms with Crippen LogP contribution in [0.2, 0.25) is 10.0 Å². The lowest BCUT2D eigenvalue weighted by Gasteiger charge is -2.38. The Morgan fingerprint density at radius 3 is 2.33 bits per heavy atom. The second-order valence-electron chi connectivity index (χ2n) is 5.11. The van der Waals surface area contributed by atoms with E-state index in [0.29, 0.717) is 15.6 Å². The quantitative estimate of drug-likeness (QED) is 0.892. The van der Waals surface area contributed by atoms with E-state index in [0.717, 1.165) is 0 Å². The van der Waals surface area contributed by atoms with E-state index in [1.165, 1.54) is 5.06 Å². The summed E-state index contributed by atoms with van der Waals surface area (Å²) in [6, 6.07) is 5.27. The van der Waals surface area contributed by atoms with Crippen LogP contribution in [0, 0.1) is 0 Å². The topological polar surface area (TPSA) is 89.2 Å². The zero-order valence-corrected chi connectivity index (χ0v) is 13.5. The fraction of sp³-hybridized carbons (Fsp3) is 0.385. The third kappa shape index (κ3) is 3.23. The van der Waals surface area contributed by atoms with Crippen LogP contribution in [0.25, 0.3) is 0 Å². The summed E-state index contributed by atoms with van der Waals surface area (Å²) in [5.74, 6) is 0.239. The van der Waals surface area contributed by atoms with Crippen molar-refractivity contribution in [1.82, 2.24) is 5.06 Å². The molecule has 1 heterocycles. The van der Waals surface area contributed by atoms with Gasteiger partial charge < -0.3 is 11.5 Å². The van der Waals surface area contributed by atoms with Crippen molar-refractivity contribution < 1.29 is 4.84 Å². The number of hydrogen-bond acceptors (Lipinski definition) is 6. The average molecular weight is 330 g/mol. The molecule has 0 aliphatic carbocycles. The van der Waals surface area contributed by atoms with Crippen LogP contribution >= 0.6 is 23.2 Å². The number of nitrogens with zero attached hydrogens (tertiary/aromatic N) is 3. The predicted molar refractivity (Wildman–Crippen MR) is 85.1 cm³/mol. The van der Waals surface area contributed by atoms with Gasteiger partial charge in [-0.05, 0) is 32.9 Å². The van der Waals surface area contributed by atoms with Gasteiger partial charge in [-0.2, -0.15) is 10.1 Å². The fourth-order valence-corrected chi connectivity index (χ4v) is 2.79. The van der Waals surface area contributed by atoms with Gasteiger partial charge in [0.2, 0.25) is 11.9 Å². The van der Waals surface area contributed by atoms with Gasteiger partial charge in [0.15, 0.2) is 5.66 Å². The molecule has 1 aliphatic rings. The smallest absolute Gasteiger partial charge is 0.226 e. The van der Waals surface area contributed by atoms with Crippen LogP contribution in [0.15, 0.2) is 28.2 Å². The van der Waals surface area contributed by atoms with Crippen molar-refractivity contribution in [2.45, 2.75) is 32.5 Å². The zero-order chi connectivity index (χ0) is 15.8. The third-order valence-corrected chi connectivity index (χ3v) is 3.65. The maximum absolute atomic E-state index is 6.18. The van der Waals surface area contributed by atoms with Crippen molar-refractivity contribution in [2.24, 2.45) is 21.5 Å². The summed E-state index contributed by atoms with van der Waals surface area (Å²) < 4.78 is 0. The second-order valence-corrected chi connectivity index (χ2v) is 5.93. The van der Waals surface area contributed by atoms with Crippen LogP contribution < -0.4 is 11.5 Å². The number of guanidine groups is 2. The van der Waals surface area contributed by atoms with E-state index in [9.17, 15) is 0 Å². The molecule has 1 atom stereocenters. The molecule has 21 heavy (non-hydrogen) atoms. The molecular weight excluding hydrogens is 313 g/mol. The number of halogens is 2. The molecule has 2 rings (SSSR count). The molecular formula is C13H17Cl2N5O. The summed E-state index contributed by atoms with van der Waals surface area (Å²) in [5, 5.41) is 2.43. The molecule has 0 saturated carbocycles. The number of rotatable bonds is 3. The highest BCUT2D eigenvalue weighted by Gasteiger charge is 2.35. The molecule has 0 fully saturated rings. The average Bonchev–Trinajstić information content (AvgIpc) is 2.32. The highest BCUT2D eigenvalue weighted by atomic mass is 35.5. The van der Waals surface area contributed by atoms with E-state index in [4.69, 9.17) is 39.5 Å². The Bertz CT molecular complexity index is 594. The summed E-state index contributed by atoms with van der Waals surface area (Å²) in [6.07, 6.45) is -0.436. The molecule has 6 nitrogen and oxygen atoms in total. The molecule has 0 spiro atoms. The van der Waals surface area contributed by atoms with Gasteiger partial charge in [-0.15, -0.1) is 0 Å². The minimum atomic E-state index is -0.780. The minimum absolute atomic E-state index is 0.112. The molecule has 1 unspecified atom stereocenters. The van der Waals surface area contributed by atoms with Gasteiger partial charge in [0.05, 0.1) is 0 Å². The number of hydrogen-bond donors (Lipinski definition) is 2. The predicted octanol–water partition coefficient (Wildman–Crippen LogP) is 2.67. The van der Waals surface area contributed by atoms with Gasteiger partial charge in [0.1, 0.15) is 6.10 Å². The molecule has 0 amide bonds. The lowest BCUT2D eigenvalue weighted by atomic mass is 10.1. The fourth-order valence-electron chi connectivity index (χ4n) is 2.09. The van der Waals surface area contributed by atoms with Crippen LogP contribution in [0.4, 0.5) is 0 Å². The van der Waals surface area contributed by atoms with Crippen LogP contribution in [0.3, 0.4) is 0 Å². The maximum Gasteiger partial charge on any atom is 0.226 e. The van der Waals surface area contributed by atoms with E-state index in [1.54, 1.807) is 18.2 Å². The van der Waals surface area contributed by atoms with Crippen molar-refractivity contribution in [2.75, 3.05) is 0 Å². The second kappa shape index (κ2) is 5.71. The Morgan fingerprint density at radius 2 is 1.81 bits per heavy atom. The van der Waals surface area contributed by atoms with Crippen molar-refractivity contribution >= 4 is 35.1 Å². The maximum atomic E-state index is 6.18. The van der Waals surface area contributed by atoms with Crippen molar-refractivity contribution in [3.05, 3.63) is 33.8 Å². The molecule has 4 N–H and O–H groups in total. The van der Waals surface area contributed by atoms with Crippen LogP contribution in [-0.4, -0.2) is 22.6 Å². The van der Waals surface area contributed by atoms with E-state index < -0.39 is 11.8 Å². The summed E-state index contributed by atoms with van der Waals surface area (Å²) in [6.45, 7) is 5.43. The van der Waals surface area contributed by atoms with Gasteiger partial charge >= 0.3 is 0 Å². The van der Waals surface area contributed by atoms with Crippen molar-refractivity contribution in [3.8, 4) is 0 Å². The van der Waals surface area contributed by atoms with Crippen LogP contribution in [0.5, 0.6) is 0 Å². The van der Waals surface area contributed by atoms with Gasteiger partial charge in [0.25, 0.3) is 0 Å². The first-order valence-electron chi connectivity index (χ1n) is 6.33. The Labute approximate surface area is 133 Å². The minimum Gasteiger partial charge on any atom is -0.368 e. The molecule has 0 saturated heterocycles. The number of benzene rings is 1. The monoisotopic (exact) mass is 329 g/mol. The van der Waals surface area contributed by atoms with Gasteiger partial charge in [-0.1, -0.05) is 29.3 Å². The molecule has 1 aromatic rings. The first-order chi connectivity index (χ1) is 9.72. The van der Waals surface area contributed by atoms with E-state index >= 15 is 0 Å². The Kier molecular flexibility index (Phi) is 4.32. The molecule has 0 bridgehead atoms. The van der Waals surface area contributed by atoms with Crippen molar-refractivity contribution in [3.63, 3.8) is 0 Å². The van der Waals surface area contributed by atoms with E-state index in [-0.39, 0.29) is 11.9 Å². The molecule has 0 radical (unpaired) electrons. The van der Waals surface area contributed by atoms with Crippen LogP contribution in [0.1, 0.15) is 32.4 Å². The Morgan fingerprint density at radius 1 is 1.24 bits per heavy atom. The van der Waals surface area contributed by atoms with E-state index in [1.807, 2.05) is 20.8 Å². The molecule has 1 aromatic carbocycles. The molecule has 8 heteroatoms. The normalized spacial score (nSPS) is 19.0. The largest absolute Gasteiger partial charge is 0.368 e. The first-order valence-corrected chi connectivity index (χ1v) is 7.08. The van der Waals surface area contributed by atoms with Gasteiger partial charge in [0, 0.05) is 15.6 Å². The number of hydroxylamine groups is 2. The standard InChI is InChI=1S/C13H17Cl2N5O/c1-7(10-8(14)5-4-6-9(10)15)21-20-12(17)18-11(16)19-13(20,2)3/h4-7H,1-3H3,(H4,16,17,18,19). The summed E-state index contributed by atoms with van der Waals surface area (Å²) >= 11 is 12.4. The molecule has 114 valence electrons. The number of nitrogens with two attached hydrogens (primary N) is 2. The van der Waals surface area contributed by atoms with Crippen LogP contribution in [-0.2, 0) is 4.84 Å². The molecule has 1 aliphatic heterocycles. The lowest BCUT2D eigenvalue weighted by molar-refractivity contribution is -0.191. The highest BCUT2D eigenvalue weighted by Crippen LogP contribution is 2.34. The summed E-state index contributed by atoms with van der Waals surface area (Å²) in [4.78, 5) is 14.0. The Balaban J connectivity index is 2.28. The first kappa shape index (κ1) is 15.9. The van der Waals surface area contributed by atoms with Gasteiger partial charge in [-0.25, -0.2) is 4.99 Å². The SMILES string of the molecule is CC(ON1C(N)=NC(N)=NC1(C)C)c1c(Cl)cccc1Cl. The highest BCUT2D eigenvalue weighted by molar-refractivity contribution is 6.36. The van der Waals surface area contributed by atoms with Crippen molar-refractivity contribution in [1.29, 1.82) is 0 Å².